The van der Waals surface area contributed by atoms with Crippen LogP contribution in [0.4, 0.5) is 40.2 Å². The number of hydrogen-bond donors (Lipinski definition) is 0. The summed E-state index contributed by atoms with van der Waals surface area (Å²) in [5.74, 6) is 2.86. The molecule has 0 radical (unpaired) electrons. The van der Waals surface area contributed by atoms with Gasteiger partial charge in [0.2, 0.25) is 0 Å². The first-order chi connectivity index (χ1) is 25.3. The molecule has 7 heteroatoms. The fourth-order valence-electron chi connectivity index (χ4n) is 9.86. The van der Waals surface area contributed by atoms with Gasteiger partial charge in [-0.25, -0.2) is 15.0 Å². The Balaban J connectivity index is 1.34. The summed E-state index contributed by atoms with van der Waals surface area (Å²) in [6.07, 6.45) is 10.6. The first-order valence-corrected chi connectivity index (χ1v) is 19.2. The smallest absolute Gasteiger partial charge is 0.178 e. The number of pyridine rings is 1. The molecule has 5 heterocycles. The number of fused-ring (bicyclic) bond motifs is 6. The molecule has 8 rings (SSSR count). The molecule has 0 fully saturated rings. The van der Waals surface area contributed by atoms with Gasteiger partial charge in [0.05, 0.1) is 23.3 Å². The van der Waals surface area contributed by atoms with E-state index in [1.807, 2.05) is 18.5 Å². The maximum Gasteiger partial charge on any atom is 0.178 e. The first-order valence-electron chi connectivity index (χ1n) is 19.2. The highest BCUT2D eigenvalue weighted by Crippen LogP contribution is 2.65. The van der Waals surface area contributed by atoms with E-state index >= 15 is 0 Å². The van der Waals surface area contributed by atoms with E-state index in [4.69, 9.17) is 15.0 Å². The van der Waals surface area contributed by atoms with E-state index in [0.29, 0.717) is 0 Å². The molecule has 0 spiro atoms. The molecule has 5 aromatic rings. The molecule has 3 aliphatic heterocycles. The summed E-state index contributed by atoms with van der Waals surface area (Å²) in [7, 11) is 0. The lowest BCUT2D eigenvalue weighted by Gasteiger charge is -2.61. The van der Waals surface area contributed by atoms with E-state index < -0.39 is 0 Å². The van der Waals surface area contributed by atoms with Crippen molar-refractivity contribution >= 4 is 46.3 Å². The number of para-hydroxylation sites is 3. The predicted molar refractivity (Wildman–Crippen MR) is 216 cm³/mol. The summed E-state index contributed by atoms with van der Waals surface area (Å²) in [5.41, 5.74) is 7.94. The molecule has 0 saturated carbocycles. The summed E-state index contributed by atoms with van der Waals surface area (Å²) in [6.45, 7) is 18.4. The highest BCUT2D eigenvalue weighted by atomic mass is 15.5. The zero-order valence-electron chi connectivity index (χ0n) is 31.5. The molecule has 266 valence electrons. The molecule has 3 aromatic carbocycles. The molecule has 4 atom stereocenters. The van der Waals surface area contributed by atoms with Crippen LogP contribution in [0.2, 0.25) is 0 Å². The van der Waals surface area contributed by atoms with E-state index in [-0.39, 0.29) is 29.2 Å². The van der Waals surface area contributed by atoms with Crippen LogP contribution in [0.25, 0.3) is 6.08 Å². The maximum atomic E-state index is 5.30. The summed E-state index contributed by atoms with van der Waals surface area (Å²) in [4.78, 5) is 25.7. The normalized spacial score (nSPS) is 23.1. The Morgan fingerprint density at radius 3 is 2.17 bits per heavy atom. The summed E-state index contributed by atoms with van der Waals surface area (Å²) >= 11 is 0. The van der Waals surface area contributed by atoms with Gasteiger partial charge in [0.15, 0.2) is 17.5 Å². The second-order valence-corrected chi connectivity index (χ2v) is 15.0. The monoisotopic (exact) mass is 689 g/mol. The molecule has 0 aliphatic carbocycles. The van der Waals surface area contributed by atoms with E-state index in [0.717, 1.165) is 72.2 Å². The Labute approximate surface area is 309 Å². The Hall–Kier alpha value is -5.17. The van der Waals surface area contributed by atoms with E-state index in [1.54, 1.807) is 0 Å². The van der Waals surface area contributed by atoms with Crippen LogP contribution in [0.1, 0.15) is 84.0 Å². The molecular weight excluding hydrogens is 639 g/mol. The van der Waals surface area contributed by atoms with Gasteiger partial charge in [0, 0.05) is 34.4 Å². The van der Waals surface area contributed by atoms with Crippen molar-refractivity contribution in [2.24, 2.45) is 5.41 Å². The highest BCUT2D eigenvalue weighted by molar-refractivity contribution is 5.87. The molecule has 0 saturated heterocycles. The van der Waals surface area contributed by atoms with Crippen molar-refractivity contribution in [3.63, 3.8) is 0 Å². The predicted octanol–water partition coefficient (Wildman–Crippen LogP) is 10.9. The van der Waals surface area contributed by atoms with Crippen molar-refractivity contribution in [3.05, 3.63) is 127 Å². The molecule has 0 bridgehead atoms. The van der Waals surface area contributed by atoms with Gasteiger partial charge in [-0.3, -0.25) is 0 Å². The third kappa shape index (κ3) is 4.81. The van der Waals surface area contributed by atoms with Gasteiger partial charge in [-0.05, 0) is 93.5 Å². The van der Waals surface area contributed by atoms with Gasteiger partial charge < -0.3 is 19.6 Å². The number of rotatable bonds is 10. The van der Waals surface area contributed by atoms with Crippen molar-refractivity contribution in [2.75, 3.05) is 19.6 Å². The third-order valence-electron chi connectivity index (χ3n) is 12.5. The van der Waals surface area contributed by atoms with Crippen molar-refractivity contribution in [1.29, 1.82) is 0 Å². The number of aromatic nitrogens is 3. The Morgan fingerprint density at radius 1 is 0.750 bits per heavy atom. The van der Waals surface area contributed by atoms with Crippen molar-refractivity contribution in [3.8, 4) is 0 Å². The number of nitrogens with zero attached hydrogens (tertiary/aromatic N) is 7. The van der Waals surface area contributed by atoms with Crippen molar-refractivity contribution in [1.82, 2.24) is 15.0 Å². The quantitative estimate of drug-likeness (QED) is 0.145. The number of anilines is 7. The van der Waals surface area contributed by atoms with E-state index in [1.165, 1.54) is 16.9 Å². The average Bonchev–Trinajstić information content (AvgIpc) is 3.71. The lowest BCUT2D eigenvalue weighted by molar-refractivity contribution is 0.0531. The molecule has 4 unspecified atom stereocenters. The zero-order chi connectivity index (χ0) is 36.2. The van der Waals surface area contributed by atoms with Crippen LogP contribution in [0, 0.1) is 5.41 Å². The summed E-state index contributed by atoms with van der Waals surface area (Å²) in [6, 6.07) is 33.1. The second-order valence-electron chi connectivity index (χ2n) is 15.0. The van der Waals surface area contributed by atoms with Gasteiger partial charge in [0.1, 0.15) is 12.3 Å². The Morgan fingerprint density at radius 2 is 1.46 bits per heavy atom. The van der Waals surface area contributed by atoms with Crippen LogP contribution in [-0.4, -0.2) is 33.3 Å². The Bertz CT molecular complexity index is 2100. The second kappa shape index (κ2) is 13.1. The zero-order valence-corrected chi connectivity index (χ0v) is 31.5. The van der Waals surface area contributed by atoms with E-state index in [9.17, 15) is 0 Å². The summed E-state index contributed by atoms with van der Waals surface area (Å²) < 4.78 is 0. The Kier molecular flexibility index (Phi) is 8.56. The van der Waals surface area contributed by atoms with Crippen molar-refractivity contribution < 1.29 is 0 Å². The SMILES string of the molecule is C=Cc1ccccc1N1c2ncc(CC)nc2N(c2ccccc2)C1CCC1(CC)C2N(c3ccccc3C1(C)CC)c1ncccc1N2C(C)C. The lowest BCUT2D eigenvalue weighted by atomic mass is 9.52. The van der Waals surface area contributed by atoms with Crippen LogP contribution < -0.4 is 19.6 Å². The molecule has 2 aromatic heterocycles. The van der Waals surface area contributed by atoms with Gasteiger partial charge in [0.25, 0.3) is 0 Å². The third-order valence-corrected chi connectivity index (χ3v) is 12.5. The summed E-state index contributed by atoms with van der Waals surface area (Å²) in [5, 5.41) is 0. The number of aryl methyl sites for hydroxylation is 1. The van der Waals surface area contributed by atoms with Gasteiger partial charge in [-0.2, -0.15) is 0 Å². The largest absolute Gasteiger partial charge is 0.345 e. The van der Waals surface area contributed by atoms with E-state index in [2.05, 4.69) is 159 Å². The average molecular weight is 690 g/mol. The minimum atomic E-state index is -0.155. The van der Waals surface area contributed by atoms with Crippen LogP contribution >= 0.6 is 0 Å². The molecule has 52 heavy (non-hydrogen) atoms. The number of benzene rings is 3. The number of hydrogen-bond acceptors (Lipinski definition) is 7. The maximum absolute atomic E-state index is 5.30. The first kappa shape index (κ1) is 33.9. The van der Waals surface area contributed by atoms with Crippen LogP contribution in [0.5, 0.6) is 0 Å². The van der Waals surface area contributed by atoms with Crippen LogP contribution in [0.3, 0.4) is 0 Å². The minimum Gasteiger partial charge on any atom is -0.345 e. The molecule has 7 nitrogen and oxygen atoms in total. The molecule has 0 amide bonds. The van der Waals surface area contributed by atoms with Gasteiger partial charge >= 0.3 is 0 Å². The fourth-order valence-corrected chi connectivity index (χ4v) is 9.86. The fraction of sp³-hybridized carbons (Fsp3) is 0.356. The van der Waals surface area contributed by atoms with Crippen LogP contribution in [0.15, 0.2) is 110 Å². The van der Waals surface area contributed by atoms with Crippen molar-refractivity contribution in [2.45, 2.75) is 97.4 Å². The van der Waals surface area contributed by atoms with Crippen LogP contribution in [-0.2, 0) is 11.8 Å². The topological polar surface area (TPSA) is 51.6 Å². The van der Waals surface area contributed by atoms with Gasteiger partial charge in [-0.15, -0.1) is 0 Å². The lowest BCUT2D eigenvalue weighted by Crippen LogP contribution is -2.65. The highest BCUT2D eigenvalue weighted by Gasteiger charge is 2.63. The minimum absolute atomic E-state index is 0.0739. The standard InChI is InChI=1S/C45H51N7/c1-8-32-20-15-17-24-36(32)51-39(50(34-21-13-12-14-22-34)42-41(51)47-30-33(9-2)48-42)27-28-45(11-4)43-49(31(5)6)38-26-19-29-46-40(38)52(43)37-25-18-16-23-35(37)44(45,7)10-3/h8,12-26,29-31,39,43H,1,9-11,27-28H2,2-7H3. The molecular formula is C45H51N7. The molecule has 3 aliphatic rings. The molecule has 0 N–H and O–H groups in total. The van der Waals surface area contributed by atoms with Gasteiger partial charge in [-0.1, -0.05) is 94.9 Å².